The van der Waals surface area contributed by atoms with Crippen LogP contribution in [0.1, 0.15) is 34.3 Å². The highest BCUT2D eigenvalue weighted by Gasteiger charge is 2.37. The van der Waals surface area contributed by atoms with Crippen molar-refractivity contribution in [1.29, 1.82) is 0 Å². The Morgan fingerprint density at radius 2 is 1.63 bits per heavy atom. The summed E-state index contributed by atoms with van der Waals surface area (Å²) in [6.45, 7) is 2.18. The Hall–Kier alpha value is -2.35. The molecule has 1 amide bonds. The largest absolute Gasteiger partial charge is 0.276 e. The molecule has 0 saturated heterocycles. The van der Waals surface area contributed by atoms with Gasteiger partial charge in [-0.25, -0.2) is 0 Å². The van der Waals surface area contributed by atoms with Crippen molar-refractivity contribution in [2.45, 2.75) is 12.8 Å². The van der Waals surface area contributed by atoms with E-state index in [1.165, 1.54) is 5.56 Å². The van der Waals surface area contributed by atoms with Crippen LogP contribution in [0.5, 0.6) is 0 Å². The standard InChI is InChI=1S/C17H13NO/c1-11-10-16-13-7-2-3-8-14(13)17(19)18(16)15-9-5-4-6-12(11)15/h2-11H,1H3. The van der Waals surface area contributed by atoms with Gasteiger partial charge in [0, 0.05) is 17.0 Å². The quantitative estimate of drug-likeness (QED) is 0.693. The SMILES string of the molecule is CC1C=C2c3ccccc3C(=O)N2c2ccccc21. The normalized spacial score (nSPS) is 19.6. The molecule has 1 atom stereocenters. The van der Waals surface area contributed by atoms with Crippen LogP contribution >= 0.6 is 0 Å². The van der Waals surface area contributed by atoms with Gasteiger partial charge in [0.15, 0.2) is 0 Å². The highest BCUT2D eigenvalue weighted by molar-refractivity contribution is 6.23. The van der Waals surface area contributed by atoms with Crippen molar-refractivity contribution in [3.8, 4) is 0 Å². The summed E-state index contributed by atoms with van der Waals surface area (Å²) in [5.74, 6) is 0.419. The lowest BCUT2D eigenvalue weighted by Gasteiger charge is -2.28. The van der Waals surface area contributed by atoms with Crippen LogP contribution in [0.4, 0.5) is 5.69 Å². The molecule has 0 aromatic heterocycles. The highest BCUT2D eigenvalue weighted by atomic mass is 16.2. The Kier molecular flexibility index (Phi) is 1.99. The molecule has 0 radical (unpaired) electrons. The first-order valence-corrected chi connectivity index (χ1v) is 6.52. The number of benzene rings is 2. The molecule has 92 valence electrons. The van der Waals surface area contributed by atoms with E-state index in [1.807, 2.05) is 47.4 Å². The van der Waals surface area contributed by atoms with Crippen molar-refractivity contribution in [2.75, 3.05) is 4.90 Å². The molecule has 2 aromatic rings. The lowest BCUT2D eigenvalue weighted by molar-refractivity contribution is 0.101. The van der Waals surface area contributed by atoms with Gasteiger partial charge in [0.25, 0.3) is 5.91 Å². The number of carbonyl (C=O) groups excluding carboxylic acids is 1. The van der Waals surface area contributed by atoms with E-state index in [2.05, 4.69) is 19.1 Å². The Labute approximate surface area is 112 Å². The van der Waals surface area contributed by atoms with Crippen molar-refractivity contribution >= 4 is 17.3 Å². The van der Waals surface area contributed by atoms with Gasteiger partial charge in [-0.3, -0.25) is 9.69 Å². The van der Waals surface area contributed by atoms with E-state index < -0.39 is 0 Å². The molecule has 0 fully saturated rings. The zero-order chi connectivity index (χ0) is 13.0. The smallest absolute Gasteiger partial charge is 0.263 e. The van der Waals surface area contributed by atoms with Crippen LogP contribution in [-0.4, -0.2) is 5.91 Å². The maximum atomic E-state index is 12.6. The summed E-state index contributed by atoms with van der Waals surface area (Å²) in [5, 5.41) is 0. The minimum Gasteiger partial charge on any atom is -0.276 e. The minimum atomic E-state index is 0.0844. The van der Waals surface area contributed by atoms with Gasteiger partial charge in [-0.2, -0.15) is 0 Å². The second kappa shape index (κ2) is 3.58. The molecule has 19 heavy (non-hydrogen) atoms. The third-order valence-corrected chi connectivity index (χ3v) is 3.95. The van der Waals surface area contributed by atoms with Crippen LogP contribution in [-0.2, 0) is 0 Å². The van der Waals surface area contributed by atoms with E-state index in [0.29, 0.717) is 5.92 Å². The molecule has 2 aromatic carbocycles. The maximum Gasteiger partial charge on any atom is 0.263 e. The lowest BCUT2D eigenvalue weighted by atomic mass is 9.93. The molecule has 0 saturated carbocycles. The van der Waals surface area contributed by atoms with Gasteiger partial charge in [-0.1, -0.05) is 49.4 Å². The topological polar surface area (TPSA) is 20.3 Å². The molecule has 2 aliphatic rings. The number of hydrogen-bond donors (Lipinski definition) is 0. The Morgan fingerprint density at radius 3 is 2.47 bits per heavy atom. The molecule has 2 aliphatic heterocycles. The number of rotatable bonds is 0. The van der Waals surface area contributed by atoms with Crippen LogP contribution in [0.25, 0.3) is 5.70 Å². The molecule has 0 bridgehead atoms. The van der Waals surface area contributed by atoms with Gasteiger partial charge in [0.05, 0.1) is 11.4 Å². The number of amides is 1. The van der Waals surface area contributed by atoms with Crippen molar-refractivity contribution < 1.29 is 4.79 Å². The highest BCUT2D eigenvalue weighted by Crippen LogP contribution is 2.45. The zero-order valence-electron chi connectivity index (χ0n) is 10.6. The molecular formula is C17H13NO. The monoisotopic (exact) mass is 247 g/mol. The minimum absolute atomic E-state index is 0.0844. The maximum absolute atomic E-state index is 12.6. The van der Waals surface area contributed by atoms with Crippen LogP contribution in [0.15, 0.2) is 54.6 Å². The second-order valence-electron chi connectivity index (χ2n) is 5.09. The summed E-state index contributed by atoms with van der Waals surface area (Å²) in [4.78, 5) is 14.4. The molecular weight excluding hydrogens is 234 g/mol. The number of fused-ring (bicyclic) bond motifs is 5. The Bertz CT molecular complexity index is 730. The fourth-order valence-electron chi connectivity index (χ4n) is 3.05. The third-order valence-electron chi connectivity index (χ3n) is 3.95. The molecule has 2 nitrogen and oxygen atoms in total. The van der Waals surface area contributed by atoms with Gasteiger partial charge in [-0.05, 0) is 17.7 Å². The van der Waals surface area contributed by atoms with E-state index in [-0.39, 0.29) is 5.91 Å². The van der Waals surface area contributed by atoms with Crippen molar-refractivity contribution in [3.63, 3.8) is 0 Å². The van der Waals surface area contributed by atoms with Gasteiger partial charge in [0.1, 0.15) is 0 Å². The number of anilines is 1. The number of para-hydroxylation sites is 1. The van der Waals surface area contributed by atoms with Gasteiger partial charge in [-0.15, -0.1) is 0 Å². The summed E-state index contributed by atoms with van der Waals surface area (Å²) in [7, 11) is 0. The summed E-state index contributed by atoms with van der Waals surface area (Å²) < 4.78 is 0. The number of allylic oxidation sites excluding steroid dienone is 1. The average molecular weight is 247 g/mol. The van der Waals surface area contributed by atoms with Crippen LogP contribution in [0.2, 0.25) is 0 Å². The molecule has 2 heteroatoms. The van der Waals surface area contributed by atoms with E-state index >= 15 is 0 Å². The molecule has 1 unspecified atom stereocenters. The molecule has 0 spiro atoms. The number of carbonyl (C=O) groups is 1. The molecule has 0 N–H and O–H groups in total. The second-order valence-corrected chi connectivity index (χ2v) is 5.09. The zero-order valence-corrected chi connectivity index (χ0v) is 10.6. The molecule has 4 rings (SSSR count). The van der Waals surface area contributed by atoms with Crippen molar-refractivity contribution in [2.24, 2.45) is 0 Å². The molecule has 0 aliphatic carbocycles. The molecule has 2 heterocycles. The van der Waals surface area contributed by atoms with E-state index in [0.717, 1.165) is 22.5 Å². The first kappa shape index (κ1) is 10.6. The first-order chi connectivity index (χ1) is 9.27. The Balaban J connectivity index is 2.01. The van der Waals surface area contributed by atoms with Crippen molar-refractivity contribution in [3.05, 3.63) is 71.3 Å². The van der Waals surface area contributed by atoms with Crippen LogP contribution in [0.3, 0.4) is 0 Å². The van der Waals surface area contributed by atoms with Crippen molar-refractivity contribution in [1.82, 2.24) is 0 Å². The lowest BCUT2D eigenvalue weighted by Crippen LogP contribution is -2.26. The average Bonchev–Trinajstić information content (AvgIpc) is 2.73. The third kappa shape index (κ3) is 1.28. The van der Waals surface area contributed by atoms with E-state index in [9.17, 15) is 4.79 Å². The van der Waals surface area contributed by atoms with Crippen LogP contribution in [0, 0.1) is 0 Å². The van der Waals surface area contributed by atoms with Crippen LogP contribution < -0.4 is 4.90 Å². The fraction of sp³-hybridized carbons (Fsp3) is 0.118. The number of hydrogen-bond acceptors (Lipinski definition) is 1. The summed E-state index contributed by atoms with van der Waals surface area (Å²) >= 11 is 0. The number of nitrogens with zero attached hydrogens (tertiary/aromatic N) is 1. The predicted octanol–water partition coefficient (Wildman–Crippen LogP) is 3.81. The Morgan fingerprint density at radius 1 is 0.947 bits per heavy atom. The first-order valence-electron chi connectivity index (χ1n) is 6.52. The van der Waals surface area contributed by atoms with Gasteiger partial charge >= 0.3 is 0 Å². The summed E-state index contributed by atoms with van der Waals surface area (Å²) in [6.07, 6.45) is 2.19. The predicted molar refractivity (Wildman–Crippen MR) is 76.1 cm³/mol. The fourth-order valence-corrected chi connectivity index (χ4v) is 3.05. The summed E-state index contributed by atoms with van der Waals surface area (Å²) in [6, 6.07) is 16.0. The van der Waals surface area contributed by atoms with E-state index in [4.69, 9.17) is 0 Å². The summed E-state index contributed by atoms with van der Waals surface area (Å²) in [5.41, 5.74) is 5.12. The van der Waals surface area contributed by atoms with Gasteiger partial charge < -0.3 is 0 Å². The van der Waals surface area contributed by atoms with Gasteiger partial charge in [0.2, 0.25) is 0 Å². The van der Waals surface area contributed by atoms with E-state index in [1.54, 1.807) is 0 Å².